The average Bonchev–Trinajstić information content (AvgIpc) is 3.07. The standard InChI is InChI=1S/C21H15ClFN3O/c1-13-6-5-11-26-12-18(24-20(13)26)14-7-2-3-10-17(14)25-21(27)19-15(22)8-4-9-16(19)23/h2-12H,1H3,(H,25,27). The molecule has 27 heavy (non-hydrogen) atoms. The van der Waals surface area contributed by atoms with Crippen molar-refractivity contribution < 1.29 is 9.18 Å². The summed E-state index contributed by atoms with van der Waals surface area (Å²) in [6.45, 7) is 1.99. The second kappa shape index (κ2) is 6.85. The predicted molar refractivity (Wildman–Crippen MR) is 105 cm³/mol. The molecule has 0 aliphatic rings. The second-order valence-corrected chi connectivity index (χ2v) is 6.55. The number of fused-ring (bicyclic) bond motifs is 1. The fourth-order valence-corrected chi connectivity index (χ4v) is 3.25. The Labute approximate surface area is 160 Å². The lowest BCUT2D eigenvalue weighted by molar-refractivity contribution is 0.102. The van der Waals surface area contributed by atoms with Gasteiger partial charge in [0.05, 0.1) is 22.0 Å². The highest BCUT2D eigenvalue weighted by molar-refractivity contribution is 6.34. The van der Waals surface area contributed by atoms with E-state index in [1.165, 1.54) is 18.2 Å². The average molecular weight is 380 g/mol. The zero-order valence-electron chi connectivity index (χ0n) is 14.4. The van der Waals surface area contributed by atoms with Crippen molar-refractivity contribution >= 4 is 28.8 Å². The largest absolute Gasteiger partial charge is 0.321 e. The molecule has 4 rings (SSSR count). The van der Waals surface area contributed by atoms with Crippen LogP contribution in [0.4, 0.5) is 10.1 Å². The van der Waals surface area contributed by atoms with E-state index in [1.54, 1.807) is 12.1 Å². The number of imidazole rings is 1. The Morgan fingerprint density at radius 1 is 1.11 bits per heavy atom. The molecule has 0 unspecified atom stereocenters. The molecule has 0 fully saturated rings. The molecule has 2 heterocycles. The molecular weight excluding hydrogens is 365 g/mol. The summed E-state index contributed by atoms with van der Waals surface area (Å²) in [5, 5.41) is 2.82. The van der Waals surface area contributed by atoms with Crippen molar-refractivity contribution in [2.24, 2.45) is 0 Å². The Kier molecular flexibility index (Phi) is 4.38. The van der Waals surface area contributed by atoms with Gasteiger partial charge in [-0.1, -0.05) is 41.9 Å². The van der Waals surface area contributed by atoms with Gasteiger partial charge in [0.25, 0.3) is 5.91 Å². The van der Waals surface area contributed by atoms with E-state index in [9.17, 15) is 9.18 Å². The Bertz CT molecular complexity index is 1150. The summed E-state index contributed by atoms with van der Waals surface area (Å²) in [7, 11) is 0. The molecule has 4 nitrogen and oxygen atoms in total. The third-order valence-corrected chi connectivity index (χ3v) is 4.63. The number of hydrogen-bond donors (Lipinski definition) is 1. The summed E-state index contributed by atoms with van der Waals surface area (Å²) < 4.78 is 16.0. The van der Waals surface area contributed by atoms with Gasteiger partial charge in [-0.15, -0.1) is 0 Å². The van der Waals surface area contributed by atoms with Crippen molar-refractivity contribution in [3.8, 4) is 11.3 Å². The summed E-state index contributed by atoms with van der Waals surface area (Å²) in [4.78, 5) is 17.3. The van der Waals surface area contributed by atoms with Crippen LogP contribution < -0.4 is 5.32 Å². The molecule has 134 valence electrons. The van der Waals surface area contributed by atoms with Gasteiger partial charge in [0.1, 0.15) is 11.5 Å². The van der Waals surface area contributed by atoms with Crippen LogP contribution in [0, 0.1) is 12.7 Å². The van der Waals surface area contributed by atoms with Crippen molar-refractivity contribution in [2.75, 3.05) is 5.32 Å². The van der Waals surface area contributed by atoms with E-state index in [-0.39, 0.29) is 10.6 Å². The summed E-state index contributed by atoms with van der Waals surface area (Å²) in [6, 6.07) is 15.3. The van der Waals surface area contributed by atoms with Crippen molar-refractivity contribution in [1.82, 2.24) is 9.38 Å². The molecular formula is C21H15ClFN3O. The Hall–Kier alpha value is -3.18. The van der Waals surface area contributed by atoms with E-state index in [2.05, 4.69) is 10.3 Å². The van der Waals surface area contributed by atoms with Crippen LogP contribution in [0.2, 0.25) is 5.02 Å². The first-order valence-corrected chi connectivity index (χ1v) is 8.71. The normalized spacial score (nSPS) is 10.9. The SMILES string of the molecule is Cc1cccn2cc(-c3ccccc3NC(=O)c3c(F)cccc3Cl)nc12. The molecule has 0 saturated heterocycles. The van der Waals surface area contributed by atoms with E-state index in [1.807, 2.05) is 48.0 Å². The van der Waals surface area contributed by atoms with Gasteiger partial charge in [-0.2, -0.15) is 0 Å². The minimum absolute atomic E-state index is 0.0633. The molecule has 1 amide bonds. The first-order valence-electron chi connectivity index (χ1n) is 8.33. The third-order valence-electron chi connectivity index (χ3n) is 4.32. The van der Waals surface area contributed by atoms with Crippen molar-refractivity contribution in [3.05, 3.63) is 89.0 Å². The summed E-state index contributed by atoms with van der Waals surface area (Å²) in [5.74, 6) is -1.27. The molecule has 0 radical (unpaired) electrons. The Balaban J connectivity index is 1.75. The van der Waals surface area contributed by atoms with E-state index in [4.69, 9.17) is 11.6 Å². The molecule has 0 spiro atoms. The van der Waals surface area contributed by atoms with Crippen molar-refractivity contribution in [3.63, 3.8) is 0 Å². The third kappa shape index (κ3) is 3.17. The summed E-state index contributed by atoms with van der Waals surface area (Å²) in [6.07, 6.45) is 3.81. The van der Waals surface area contributed by atoms with Crippen LogP contribution in [-0.4, -0.2) is 15.3 Å². The molecule has 6 heteroatoms. The molecule has 0 bridgehead atoms. The first-order chi connectivity index (χ1) is 13.0. The number of carbonyl (C=O) groups excluding carboxylic acids is 1. The molecule has 0 saturated carbocycles. The minimum Gasteiger partial charge on any atom is -0.321 e. The maximum Gasteiger partial charge on any atom is 0.260 e. The van der Waals surface area contributed by atoms with Crippen molar-refractivity contribution in [1.29, 1.82) is 0 Å². The van der Waals surface area contributed by atoms with Crippen LogP contribution in [-0.2, 0) is 0 Å². The smallest absolute Gasteiger partial charge is 0.260 e. The zero-order valence-corrected chi connectivity index (χ0v) is 15.2. The lowest BCUT2D eigenvalue weighted by Gasteiger charge is -2.11. The lowest BCUT2D eigenvalue weighted by atomic mass is 10.1. The molecule has 0 atom stereocenters. The van der Waals surface area contributed by atoms with Crippen LogP contribution in [0.1, 0.15) is 15.9 Å². The highest BCUT2D eigenvalue weighted by Gasteiger charge is 2.18. The quantitative estimate of drug-likeness (QED) is 0.521. The number of nitrogens with zero attached hydrogens (tertiary/aromatic N) is 2. The van der Waals surface area contributed by atoms with E-state index in [0.717, 1.165) is 16.8 Å². The predicted octanol–water partition coefficient (Wildman–Crippen LogP) is 5.35. The molecule has 2 aromatic heterocycles. The molecule has 4 aromatic rings. The van der Waals surface area contributed by atoms with Crippen LogP contribution >= 0.6 is 11.6 Å². The van der Waals surface area contributed by atoms with Crippen LogP contribution in [0.3, 0.4) is 0 Å². The fraction of sp³-hybridized carbons (Fsp3) is 0.0476. The van der Waals surface area contributed by atoms with Gasteiger partial charge in [0.2, 0.25) is 0 Å². The number of aromatic nitrogens is 2. The zero-order chi connectivity index (χ0) is 19.0. The van der Waals surface area contributed by atoms with Gasteiger partial charge in [-0.25, -0.2) is 9.37 Å². The number of benzene rings is 2. The minimum atomic E-state index is -0.666. The lowest BCUT2D eigenvalue weighted by Crippen LogP contribution is -2.15. The van der Waals surface area contributed by atoms with E-state index in [0.29, 0.717) is 11.4 Å². The van der Waals surface area contributed by atoms with Gasteiger partial charge in [0, 0.05) is 18.0 Å². The number of aryl methyl sites for hydroxylation is 1. The number of nitrogens with one attached hydrogen (secondary N) is 1. The number of halogens is 2. The molecule has 1 N–H and O–H groups in total. The number of para-hydroxylation sites is 1. The van der Waals surface area contributed by atoms with Gasteiger partial charge in [-0.3, -0.25) is 4.79 Å². The molecule has 0 aliphatic heterocycles. The molecule has 2 aromatic carbocycles. The highest BCUT2D eigenvalue weighted by Crippen LogP contribution is 2.29. The Morgan fingerprint density at radius 3 is 2.70 bits per heavy atom. The molecule has 0 aliphatic carbocycles. The van der Waals surface area contributed by atoms with E-state index >= 15 is 0 Å². The first kappa shape index (κ1) is 17.2. The van der Waals surface area contributed by atoms with Gasteiger partial charge < -0.3 is 9.72 Å². The Morgan fingerprint density at radius 2 is 1.93 bits per heavy atom. The van der Waals surface area contributed by atoms with Crippen LogP contribution in [0.25, 0.3) is 16.9 Å². The number of hydrogen-bond acceptors (Lipinski definition) is 2. The highest BCUT2D eigenvalue weighted by atomic mass is 35.5. The maximum absolute atomic E-state index is 14.1. The monoisotopic (exact) mass is 379 g/mol. The second-order valence-electron chi connectivity index (χ2n) is 6.14. The number of carbonyl (C=O) groups is 1. The van der Waals surface area contributed by atoms with Gasteiger partial charge >= 0.3 is 0 Å². The summed E-state index contributed by atoms with van der Waals surface area (Å²) in [5.41, 5.74) is 3.68. The number of amides is 1. The topological polar surface area (TPSA) is 46.4 Å². The fourth-order valence-electron chi connectivity index (χ4n) is 3.00. The number of rotatable bonds is 3. The maximum atomic E-state index is 14.1. The van der Waals surface area contributed by atoms with Crippen LogP contribution in [0.5, 0.6) is 0 Å². The van der Waals surface area contributed by atoms with Gasteiger partial charge in [-0.05, 0) is 36.8 Å². The summed E-state index contributed by atoms with van der Waals surface area (Å²) >= 11 is 6.00. The van der Waals surface area contributed by atoms with Gasteiger partial charge in [0.15, 0.2) is 0 Å². The van der Waals surface area contributed by atoms with Crippen LogP contribution in [0.15, 0.2) is 67.0 Å². The number of anilines is 1. The van der Waals surface area contributed by atoms with E-state index < -0.39 is 11.7 Å². The number of pyridine rings is 1. The van der Waals surface area contributed by atoms with Crippen molar-refractivity contribution in [2.45, 2.75) is 6.92 Å².